The summed E-state index contributed by atoms with van der Waals surface area (Å²) in [4.78, 5) is 24.0. The molecule has 7 heteroatoms. The molecule has 0 saturated heterocycles. The SMILES string of the molecule is C=CC[C@@](CO[Si](C)(C)C(C)(C)C)(NC(=O)OC(C)(C)C)C(=O)O. The van der Waals surface area contributed by atoms with E-state index in [1.807, 2.05) is 13.1 Å². The highest BCUT2D eigenvalue weighted by Crippen LogP contribution is 2.37. The quantitative estimate of drug-likeness (QED) is 0.531. The average Bonchev–Trinajstić information content (AvgIpc) is 2.32. The van der Waals surface area contributed by atoms with Crippen molar-refractivity contribution in [3.05, 3.63) is 12.7 Å². The van der Waals surface area contributed by atoms with E-state index >= 15 is 0 Å². The van der Waals surface area contributed by atoms with Crippen LogP contribution in [-0.4, -0.2) is 43.2 Å². The van der Waals surface area contributed by atoms with Gasteiger partial charge in [0.15, 0.2) is 13.9 Å². The summed E-state index contributed by atoms with van der Waals surface area (Å²) >= 11 is 0. The van der Waals surface area contributed by atoms with Gasteiger partial charge in [-0.05, 0) is 38.9 Å². The summed E-state index contributed by atoms with van der Waals surface area (Å²) < 4.78 is 11.2. The van der Waals surface area contributed by atoms with Crippen molar-refractivity contribution in [3.8, 4) is 0 Å². The number of carboxylic acid groups (broad SMARTS) is 1. The van der Waals surface area contributed by atoms with Crippen molar-refractivity contribution >= 4 is 20.4 Å². The van der Waals surface area contributed by atoms with Crippen LogP contribution >= 0.6 is 0 Å². The van der Waals surface area contributed by atoms with E-state index in [-0.39, 0.29) is 18.1 Å². The lowest BCUT2D eigenvalue weighted by molar-refractivity contribution is -0.146. The molecule has 0 bridgehead atoms. The summed E-state index contributed by atoms with van der Waals surface area (Å²) in [5.41, 5.74) is -2.32. The minimum absolute atomic E-state index is 0.0379. The number of alkyl carbamates (subject to hydrolysis) is 1. The van der Waals surface area contributed by atoms with E-state index in [0.29, 0.717) is 0 Å². The van der Waals surface area contributed by atoms with Crippen LogP contribution in [0.15, 0.2) is 12.7 Å². The molecule has 0 aliphatic carbocycles. The fourth-order valence-electron chi connectivity index (χ4n) is 1.61. The van der Waals surface area contributed by atoms with E-state index in [1.54, 1.807) is 20.8 Å². The van der Waals surface area contributed by atoms with Gasteiger partial charge < -0.3 is 19.6 Å². The van der Waals surface area contributed by atoms with Crippen molar-refractivity contribution in [1.29, 1.82) is 0 Å². The fraction of sp³-hybridized carbons (Fsp3) is 0.765. The molecule has 140 valence electrons. The number of ether oxygens (including phenoxy) is 1. The lowest BCUT2D eigenvalue weighted by atomic mass is 9.97. The average molecular weight is 360 g/mol. The predicted molar refractivity (Wildman–Crippen MR) is 97.7 cm³/mol. The van der Waals surface area contributed by atoms with Gasteiger partial charge in [0, 0.05) is 6.42 Å². The number of carboxylic acids is 1. The van der Waals surface area contributed by atoms with Crippen LogP contribution in [0.25, 0.3) is 0 Å². The van der Waals surface area contributed by atoms with Gasteiger partial charge in [-0.3, -0.25) is 0 Å². The number of carbonyl (C=O) groups is 2. The van der Waals surface area contributed by atoms with Crippen LogP contribution in [0, 0.1) is 0 Å². The first-order chi connectivity index (χ1) is 10.6. The van der Waals surface area contributed by atoms with Crippen LogP contribution < -0.4 is 5.32 Å². The van der Waals surface area contributed by atoms with Gasteiger partial charge in [0.25, 0.3) is 0 Å². The third-order valence-corrected chi connectivity index (χ3v) is 8.61. The van der Waals surface area contributed by atoms with Crippen LogP contribution in [0.5, 0.6) is 0 Å². The second-order valence-corrected chi connectivity index (χ2v) is 13.4. The zero-order chi connectivity index (χ0) is 19.4. The van der Waals surface area contributed by atoms with E-state index in [4.69, 9.17) is 9.16 Å². The molecule has 0 aromatic carbocycles. The van der Waals surface area contributed by atoms with Gasteiger partial charge >= 0.3 is 12.1 Å². The first kappa shape index (κ1) is 22.7. The van der Waals surface area contributed by atoms with Crippen molar-refractivity contribution in [3.63, 3.8) is 0 Å². The third-order valence-electron chi connectivity index (χ3n) is 4.13. The molecule has 0 unspecified atom stereocenters. The van der Waals surface area contributed by atoms with E-state index in [1.165, 1.54) is 6.08 Å². The topological polar surface area (TPSA) is 84.9 Å². The van der Waals surface area contributed by atoms with Crippen molar-refractivity contribution < 1.29 is 23.9 Å². The van der Waals surface area contributed by atoms with Gasteiger partial charge in [0.1, 0.15) is 5.60 Å². The van der Waals surface area contributed by atoms with Crippen LogP contribution in [0.3, 0.4) is 0 Å². The number of rotatable bonds is 7. The molecule has 0 heterocycles. The Balaban J connectivity index is 5.40. The Hall–Kier alpha value is -1.34. The van der Waals surface area contributed by atoms with E-state index in [9.17, 15) is 14.7 Å². The normalized spacial score (nSPS) is 15.3. The predicted octanol–water partition coefficient (Wildman–Crippen LogP) is 3.93. The second-order valence-electron chi connectivity index (χ2n) is 8.56. The number of nitrogens with one attached hydrogen (secondary N) is 1. The standard InChI is InChI=1S/C17H33NO5Si/c1-10-11-17(13(19)20,18-14(21)23-15(2,3)4)12-22-24(8,9)16(5,6)7/h10H,1,11-12H2,2-9H3,(H,18,21)(H,19,20)/t17-/m0/s1. The van der Waals surface area contributed by atoms with Crippen molar-refractivity contribution in [1.82, 2.24) is 5.32 Å². The smallest absolute Gasteiger partial charge is 0.408 e. The van der Waals surface area contributed by atoms with Gasteiger partial charge in [-0.2, -0.15) is 0 Å². The molecular formula is C17H33NO5Si. The van der Waals surface area contributed by atoms with E-state index in [2.05, 4.69) is 32.7 Å². The molecule has 1 amide bonds. The molecule has 0 aliphatic rings. The number of aliphatic carboxylic acids is 1. The molecule has 24 heavy (non-hydrogen) atoms. The van der Waals surface area contributed by atoms with Crippen molar-refractivity contribution in [2.24, 2.45) is 0 Å². The molecule has 0 spiro atoms. The maximum atomic E-state index is 12.1. The molecule has 0 saturated carbocycles. The van der Waals surface area contributed by atoms with Crippen LogP contribution in [0.2, 0.25) is 18.1 Å². The Kier molecular flexibility index (Phi) is 7.26. The Morgan fingerprint density at radius 3 is 2.00 bits per heavy atom. The van der Waals surface area contributed by atoms with Gasteiger partial charge in [-0.25, -0.2) is 9.59 Å². The highest BCUT2D eigenvalue weighted by molar-refractivity contribution is 6.74. The number of amides is 1. The molecule has 6 nitrogen and oxygen atoms in total. The summed E-state index contributed by atoms with van der Waals surface area (Å²) in [5.74, 6) is -1.17. The first-order valence-corrected chi connectivity index (χ1v) is 11.0. The summed E-state index contributed by atoms with van der Waals surface area (Å²) in [6.07, 6.45) is 0.710. The molecule has 0 aromatic rings. The summed E-state index contributed by atoms with van der Waals surface area (Å²) in [6, 6.07) is 0. The number of hydrogen-bond acceptors (Lipinski definition) is 4. The Bertz CT molecular complexity index is 476. The largest absolute Gasteiger partial charge is 0.479 e. The van der Waals surface area contributed by atoms with Crippen LogP contribution in [0.1, 0.15) is 48.0 Å². The van der Waals surface area contributed by atoms with Gasteiger partial charge in [-0.15, -0.1) is 6.58 Å². The molecule has 0 rings (SSSR count). The minimum Gasteiger partial charge on any atom is -0.479 e. The molecular weight excluding hydrogens is 326 g/mol. The molecule has 2 N–H and O–H groups in total. The third kappa shape index (κ3) is 6.65. The van der Waals surface area contributed by atoms with Gasteiger partial charge in [-0.1, -0.05) is 26.8 Å². The zero-order valence-electron chi connectivity index (χ0n) is 16.3. The highest BCUT2D eigenvalue weighted by atomic mass is 28.4. The maximum Gasteiger partial charge on any atom is 0.408 e. The Morgan fingerprint density at radius 2 is 1.67 bits per heavy atom. The van der Waals surface area contributed by atoms with Crippen molar-refractivity contribution in [2.45, 2.75) is 77.2 Å². The minimum atomic E-state index is -2.18. The lowest BCUT2D eigenvalue weighted by Gasteiger charge is -2.39. The number of carbonyl (C=O) groups excluding carboxylic acids is 1. The fourth-order valence-corrected chi connectivity index (χ4v) is 2.65. The maximum absolute atomic E-state index is 12.1. The van der Waals surface area contributed by atoms with Gasteiger partial charge in [0.05, 0.1) is 6.61 Å². The molecule has 0 aromatic heterocycles. The first-order valence-electron chi connectivity index (χ1n) is 8.06. The van der Waals surface area contributed by atoms with Gasteiger partial charge in [0.2, 0.25) is 0 Å². The highest BCUT2D eigenvalue weighted by Gasteiger charge is 2.45. The zero-order valence-corrected chi connectivity index (χ0v) is 17.3. The lowest BCUT2D eigenvalue weighted by Crippen LogP contribution is -2.60. The van der Waals surface area contributed by atoms with E-state index < -0.39 is 31.5 Å². The van der Waals surface area contributed by atoms with Crippen molar-refractivity contribution in [2.75, 3.05) is 6.61 Å². The summed E-state index contributed by atoms with van der Waals surface area (Å²) in [5, 5.41) is 12.1. The summed E-state index contributed by atoms with van der Waals surface area (Å²) in [7, 11) is -2.18. The van der Waals surface area contributed by atoms with Crippen LogP contribution in [0.4, 0.5) is 4.79 Å². The molecule has 0 radical (unpaired) electrons. The Labute approximate surface area is 146 Å². The summed E-state index contributed by atoms with van der Waals surface area (Å²) in [6.45, 7) is 18.9. The monoisotopic (exact) mass is 359 g/mol. The molecule has 1 atom stereocenters. The second kappa shape index (κ2) is 7.69. The number of hydrogen-bond donors (Lipinski definition) is 2. The molecule has 0 aliphatic heterocycles. The van der Waals surface area contributed by atoms with E-state index in [0.717, 1.165) is 0 Å². The molecule has 0 fully saturated rings. The van der Waals surface area contributed by atoms with Crippen LogP contribution in [-0.2, 0) is 14.0 Å². The Morgan fingerprint density at radius 1 is 1.17 bits per heavy atom.